The molecule has 0 spiro atoms. The Labute approximate surface area is 229 Å². The van der Waals surface area contributed by atoms with Gasteiger partial charge in [-0.15, -0.1) is 0 Å². The molecule has 0 radical (unpaired) electrons. The molecule has 7 nitrogen and oxygen atoms in total. The summed E-state index contributed by atoms with van der Waals surface area (Å²) >= 11 is 12.9. The van der Waals surface area contributed by atoms with Gasteiger partial charge in [0, 0.05) is 11.5 Å². The van der Waals surface area contributed by atoms with Crippen molar-refractivity contribution in [1.29, 1.82) is 0 Å². The van der Waals surface area contributed by atoms with Gasteiger partial charge in [0.25, 0.3) is 0 Å². The quantitative estimate of drug-likeness (QED) is 0.160. The van der Waals surface area contributed by atoms with Crippen molar-refractivity contribution >= 4 is 34.9 Å². The number of rotatable bonds is 10. The van der Waals surface area contributed by atoms with E-state index in [1.165, 1.54) is 12.1 Å². The van der Waals surface area contributed by atoms with Crippen LogP contribution in [0.1, 0.15) is 58.5 Å². The summed E-state index contributed by atoms with van der Waals surface area (Å²) in [6.07, 6.45) is 2.11. The Bertz CT molecular complexity index is 1460. The number of halogens is 2. The number of aromatic nitrogens is 1. The number of ether oxygens (including phenoxy) is 1. The molecule has 1 aliphatic rings. The van der Waals surface area contributed by atoms with E-state index in [-0.39, 0.29) is 18.8 Å². The Morgan fingerprint density at radius 1 is 1.00 bits per heavy atom. The minimum absolute atomic E-state index is 0.229. The van der Waals surface area contributed by atoms with Crippen LogP contribution in [0.3, 0.4) is 0 Å². The first-order valence-corrected chi connectivity index (χ1v) is 12.8. The van der Waals surface area contributed by atoms with E-state index in [2.05, 4.69) is 10.3 Å². The smallest absolute Gasteiger partial charge is 0.335 e. The Balaban J connectivity index is 1.24. The number of hydrogen-bond acceptors (Lipinski definition) is 6. The lowest BCUT2D eigenvalue weighted by atomic mass is 10.0. The molecule has 0 bridgehead atoms. The van der Waals surface area contributed by atoms with Crippen LogP contribution in [0.15, 0.2) is 76.4 Å². The van der Waals surface area contributed by atoms with Crippen molar-refractivity contribution in [3.05, 3.63) is 105 Å². The van der Waals surface area contributed by atoms with Gasteiger partial charge in [0.1, 0.15) is 30.4 Å². The maximum atomic E-state index is 11.0. The molecule has 0 saturated heterocycles. The first kappa shape index (κ1) is 25.8. The normalized spacial score (nSPS) is 13.4. The first-order chi connectivity index (χ1) is 18.4. The van der Waals surface area contributed by atoms with Crippen LogP contribution >= 0.6 is 23.2 Å². The second kappa shape index (κ2) is 11.3. The van der Waals surface area contributed by atoms with Crippen LogP contribution in [0.5, 0.6) is 5.75 Å². The van der Waals surface area contributed by atoms with Gasteiger partial charge in [0.15, 0.2) is 0 Å². The fourth-order valence-electron chi connectivity index (χ4n) is 4.00. The summed E-state index contributed by atoms with van der Waals surface area (Å²) in [6, 6.07) is 19.4. The number of hydrogen-bond donors (Lipinski definition) is 1. The molecule has 1 aromatic heterocycles. The highest BCUT2D eigenvalue weighted by Crippen LogP contribution is 2.46. The molecular weight excluding hydrogens is 527 g/mol. The highest BCUT2D eigenvalue weighted by molar-refractivity contribution is 6.39. The Hall–Kier alpha value is -3.81. The molecule has 9 heteroatoms. The van der Waals surface area contributed by atoms with E-state index < -0.39 is 5.97 Å². The van der Waals surface area contributed by atoms with Crippen LogP contribution in [-0.2, 0) is 18.1 Å². The maximum absolute atomic E-state index is 11.0. The summed E-state index contributed by atoms with van der Waals surface area (Å²) in [5.41, 5.74) is 4.74. The van der Waals surface area contributed by atoms with Gasteiger partial charge < -0.3 is 19.2 Å². The molecule has 0 unspecified atom stereocenters. The maximum Gasteiger partial charge on any atom is 0.335 e. The summed E-state index contributed by atoms with van der Waals surface area (Å²) < 4.78 is 11.8. The van der Waals surface area contributed by atoms with Gasteiger partial charge in [-0.1, -0.05) is 51.7 Å². The predicted octanol–water partition coefficient (Wildman–Crippen LogP) is 7.74. The van der Waals surface area contributed by atoms with Crippen LogP contribution in [0.25, 0.3) is 11.3 Å². The van der Waals surface area contributed by atoms with E-state index in [4.69, 9.17) is 42.4 Å². The third-order valence-corrected chi connectivity index (χ3v) is 6.89. The SMILES string of the molecule is C/C(=N\OCc1ccc(C(=O)O)cc1)c1ccc(OCc2c(-c3c(Cl)cccc3Cl)noc2C2CC2)cc1. The van der Waals surface area contributed by atoms with Crippen LogP contribution in [0.2, 0.25) is 10.0 Å². The Kier molecular flexibility index (Phi) is 7.67. The highest BCUT2D eigenvalue weighted by Gasteiger charge is 2.33. The number of carbonyl (C=O) groups is 1. The second-order valence-corrected chi connectivity index (χ2v) is 9.82. The first-order valence-electron chi connectivity index (χ1n) is 12.1. The predicted molar refractivity (Wildman–Crippen MR) is 145 cm³/mol. The van der Waals surface area contributed by atoms with Crippen molar-refractivity contribution in [1.82, 2.24) is 5.16 Å². The fourth-order valence-corrected chi connectivity index (χ4v) is 4.57. The zero-order valence-electron chi connectivity index (χ0n) is 20.5. The molecule has 1 aliphatic carbocycles. The fraction of sp³-hybridized carbons (Fsp3) is 0.207. The van der Waals surface area contributed by atoms with Gasteiger partial charge in [0.2, 0.25) is 0 Å². The zero-order valence-corrected chi connectivity index (χ0v) is 22.0. The third kappa shape index (κ3) is 5.85. The molecule has 1 fully saturated rings. The van der Waals surface area contributed by atoms with Crippen molar-refractivity contribution in [3.63, 3.8) is 0 Å². The van der Waals surface area contributed by atoms with E-state index in [1.54, 1.807) is 30.3 Å². The van der Waals surface area contributed by atoms with Gasteiger partial charge in [-0.2, -0.15) is 0 Å². The standard InChI is InChI=1S/C29H24Cl2N2O5/c1-17(32-37-15-18-5-7-21(8-6-18)29(34)35)19-11-13-22(14-12-19)36-16-23-27(33-38-28(23)20-9-10-20)26-24(30)3-2-4-25(26)31/h2-8,11-14,20H,9-10,15-16H2,1H3,(H,34,35)/b32-17+. The lowest BCUT2D eigenvalue weighted by Crippen LogP contribution is -2.01. The number of aromatic carboxylic acids is 1. The van der Waals surface area contributed by atoms with Crippen LogP contribution in [-0.4, -0.2) is 21.9 Å². The number of carboxylic acids is 1. The topological polar surface area (TPSA) is 94.2 Å². The van der Waals surface area contributed by atoms with E-state index in [1.807, 2.05) is 31.2 Å². The molecule has 1 heterocycles. The molecule has 3 aromatic carbocycles. The van der Waals surface area contributed by atoms with Gasteiger partial charge >= 0.3 is 5.97 Å². The van der Waals surface area contributed by atoms with Crippen molar-refractivity contribution in [3.8, 4) is 17.0 Å². The van der Waals surface area contributed by atoms with E-state index in [0.29, 0.717) is 38.7 Å². The van der Waals surface area contributed by atoms with Crippen molar-refractivity contribution in [2.24, 2.45) is 5.16 Å². The summed E-state index contributed by atoms with van der Waals surface area (Å²) in [7, 11) is 0. The largest absolute Gasteiger partial charge is 0.489 e. The van der Waals surface area contributed by atoms with Crippen molar-refractivity contribution in [2.45, 2.75) is 38.9 Å². The van der Waals surface area contributed by atoms with Crippen molar-refractivity contribution < 1.29 is 24.0 Å². The molecular formula is C29H24Cl2N2O5. The lowest BCUT2D eigenvalue weighted by molar-refractivity contribution is 0.0696. The lowest BCUT2D eigenvalue weighted by Gasteiger charge is -2.10. The van der Waals surface area contributed by atoms with E-state index in [0.717, 1.165) is 35.3 Å². The van der Waals surface area contributed by atoms with E-state index in [9.17, 15) is 4.79 Å². The third-order valence-electron chi connectivity index (χ3n) is 6.26. The second-order valence-electron chi connectivity index (χ2n) is 9.01. The molecule has 1 saturated carbocycles. The molecule has 1 N–H and O–H groups in total. The summed E-state index contributed by atoms with van der Waals surface area (Å²) in [5.74, 6) is 0.881. The summed E-state index contributed by atoms with van der Waals surface area (Å²) in [5, 5.41) is 18.5. The monoisotopic (exact) mass is 550 g/mol. The van der Waals surface area contributed by atoms with Gasteiger partial charge in [-0.25, -0.2) is 4.79 Å². The zero-order chi connectivity index (χ0) is 26.6. The molecule has 0 atom stereocenters. The minimum Gasteiger partial charge on any atom is -0.489 e. The summed E-state index contributed by atoms with van der Waals surface area (Å²) in [6.45, 7) is 2.35. The molecule has 38 heavy (non-hydrogen) atoms. The number of nitrogens with zero attached hydrogens (tertiary/aromatic N) is 2. The van der Waals surface area contributed by atoms with Gasteiger partial charge in [0.05, 0.1) is 26.9 Å². The average Bonchev–Trinajstić information content (AvgIpc) is 3.68. The van der Waals surface area contributed by atoms with Gasteiger partial charge in [-0.3, -0.25) is 0 Å². The molecule has 4 aromatic rings. The number of oxime groups is 1. The minimum atomic E-state index is -0.964. The summed E-state index contributed by atoms with van der Waals surface area (Å²) in [4.78, 5) is 16.4. The molecule has 0 aliphatic heterocycles. The molecule has 5 rings (SSSR count). The van der Waals surface area contributed by atoms with E-state index >= 15 is 0 Å². The number of carboxylic acid groups (broad SMARTS) is 1. The van der Waals surface area contributed by atoms with Crippen LogP contribution in [0, 0.1) is 0 Å². The van der Waals surface area contributed by atoms with Crippen molar-refractivity contribution in [2.75, 3.05) is 0 Å². The Morgan fingerprint density at radius 3 is 2.29 bits per heavy atom. The van der Waals surface area contributed by atoms with Crippen LogP contribution in [0.4, 0.5) is 0 Å². The number of benzene rings is 3. The average molecular weight is 551 g/mol. The highest BCUT2D eigenvalue weighted by atomic mass is 35.5. The Morgan fingerprint density at radius 2 is 1.66 bits per heavy atom. The molecule has 194 valence electrons. The van der Waals surface area contributed by atoms with Crippen LogP contribution < -0.4 is 4.74 Å². The van der Waals surface area contributed by atoms with Gasteiger partial charge in [-0.05, 0) is 79.4 Å². The molecule has 0 amide bonds.